The van der Waals surface area contributed by atoms with E-state index in [0.29, 0.717) is 11.1 Å². The van der Waals surface area contributed by atoms with Gasteiger partial charge in [-0.15, -0.1) is 0 Å². The van der Waals surface area contributed by atoms with Crippen LogP contribution in [-0.2, 0) is 6.61 Å². The molecule has 2 aliphatic heterocycles. The molecule has 1 unspecified atom stereocenters. The summed E-state index contributed by atoms with van der Waals surface area (Å²) in [4.78, 5) is 4.99. The van der Waals surface area contributed by atoms with E-state index in [0.717, 1.165) is 30.9 Å². The molecule has 3 rings (SSSR count). The Kier molecular flexibility index (Phi) is 3.46. The fourth-order valence-electron chi connectivity index (χ4n) is 3.20. The van der Waals surface area contributed by atoms with Crippen molar-refractivity contribution in [2.45, 2.75) is 25.5 Å². The highest BCUT2D eigenvalue weighted by atomic mass is 35.5. The fraction of sp³-hybridized carbons (Fsp3) is 0.571. The Hall–Kier alpha value is -0.770. The van der Waals surface area contributed by atoms with Gasteiger partial charge in [0.1, 0.15) is 0 Å². The molecule has 2 heterocycles. The van der Waals surface area contributed by atoms with E-state index in [-0.39, 0.29) is 6.61 Å². The number of hydrogen-bond acceptors (Lipinski definition) is 3. The van der Waals surface area contributed by atoms with Crippen LogP contribution in [0.15, 0.2) is 18.2 Å². The third kappa shape index (κ3) is 2.22. The Morgan fingerprint density at radius 2 is 2.17 bits per heavy atom. The van der Waals surface area contributed by atoms with Gasteiger partial charge in [0.15, 0.2) is 0 Å². The molecule has 1 aromatic carbocycles. The zero-order valence-corrected chi connectivity index (χ0v) is 11.2. The van der Waals surface area contributed by atoms with Gasteiger partial charge in [-0.05, 0) is 37.6 Å². The minimum atomic E-state index is 0.0563. The number of benzene rings is 1. The van der Waals surface area contributed by atoms with Crippen LogP contribution in [0.4, 0.5) is 5.69 Å². The van der Waals surface area contributed by atoms with Gasteiger partial charge in [0.05, 0.1) is 6.61 Å². The molecular weight excluding hydrogens is 248 g/mol. The average molecular weight is 267 g/mol. The van der Waals surface area contributed by atoms with Gasteiger partial charge < -0.3 is 10.0 Å². The molecular formula is C14H19ClN2O. The van der Waals surface area contributed by atoms with Crippen molar-refractivity contribution in [2.75, 3.05) is 31.1 Å². The van der Waals surface area contributed by atoms with Crippen LogP contribution >= 0.6 is 11.6 Å². The lowest BCUT2D eigenvalue weighted by molar-refractivity contribution is 0.230. The summed E-state index contributed by atoms with van der Waals surface area (Å²) in [7, 11) is 0. The Morgan fingerprint density at radius 1 is 1.28 bits per heavy atom. The Bertz CT molecular complexity index is 438. The zero-order chi connectivity index (χ0) is 12.5. The van der Waals surface area contributed by atoms with Gasteiger partial charge in [-0.25, -0.2) is 0 Å². The molecule has 1 N–H and O–H groups in total. The first-order chi connectivity index (χ1) is 8.78. The van der Waals surface area contributed by atoms with Crippen molar-refractivity contribution in [1.82, 2.24) is 4.90 Å². The van der Waals surface area contributed by atoms with Crippen LogP contribution in [0.1, 0.15) is 18.4 Å². The molecule has 0 saturated carbocycles. The van der Waals surface area contributed by atoms with Crippen molar-refractivity contribution in [2.24, 2.45) is 0 Å². The Labute approximate surface area is 113 Å². The third-order valence-corrected chi connectivity index (χ3v) is 4.38. The topological polar surface area (TPSA) is 26.7 Å². The van der Waals surface area contributed by atoms with Gasteiger partial charge >= 0.3 is 0 Å². The average Bonchev–Trinajstić information content (AvgIpc) is 2.85. The maximum atomic E-state index is 9.47. The molecule has 4 heteroatoms. The molecule has 0 aliphatic carbocycles. The van der Waals surface area contributed by atoms with E-state index >= 15 is 0 Å². The maximum Gasteiger partial charge on any atom is 0.0702 e. The van der Waals surface area contributed by atoms with Gasteiger partial charge in [0.25, 0.3) is 0 Å². The summed E-state index contributed by atoms with van der Waals surface area (Å²) in [5.74, 6) is 0. The lowest BCUT2D eigenvalue weighted by Gasteiger charge is -2.39. The molecule has 0 radical (unpaired) electrons. The van der Waals surface area contributed by atoms with Gasteiger partial charge in [-0.1, -0.05) is 11.6 Å². The van der Waals surface area contributed by atoms with E-state index in [1.807, 2.05) is 18.2 Å². The van der Waals surface area contributed by atoms with Crippen molar-refractivity contribution in [3.8, 4) is 0 Å². The van der Waals surface area contributed by atoms with Crippen LogP contribution in [0.5, 0.6) is 0 Å². The Morgan fingerprint density at radius 3 is 3.00 bits per heavy atom. The largest absolute Gasteiger partial charge is 0.392 e. The highest BCUT2D eigenvalue weighted by Crippen LogP contribution is 2.29. The number of nitrogens with zero attached hydrogens (tertiary/aromatic N) is 2. The molecule has 2 fully saturated rings. The SMILES string of the molecule is OCc1cc(Cl)ccc1N1CCN2CCCC2C1. The summed E-state index contributed by atoms with van der Waals surface area (Å²) in [6, 6.07) is 6.52. The third-order valence-electron chi connectivity index (χ3n) is 4.14. The standard InChI is InChI=1S/C14H19ClN2O/c15-12-3-4-14(11(8-12)10-18)17-7-6-16-5-1-2-13(16)9-17/h3-4,8,13,18H,1-2,5-7,9-10H2. The summed E-state index contributed by atoms with van der Waals surface area (Å²) < 4.78 is 0. The van der Waals surface area contributed by atoms with Crippen molar-refractivity contribution in [3.05, 3.63) is 28.8 Å². The smallest absolute Gasteiger partial charge is 0.0702 e. The summed E-state index contributed by atoms with van der Waals surface area (Å²) in [5, 5.41) is 10.2. The number of rotatable bonds is 2. The van der Waals surface area contributed by atoms with Crippen LogP contribution in [-0.4, -0.2) is 42.2 Å². The lowest BCUT2D eigenvalue weighted by atomic mass is 10.1. The highest BCUT2D eigenvalue weighted by Gasteiger charge is 2.31. The van der Waals surface area contributed by atoms with Crippen molar-refractivity contribution < 1.29 is 5.11 Å². The molecule has 3 nitrogen and oxygen atoms in total. The lowest BCUT2D eigenvalue weighted by Crippen LogP contribution is -2.50. The van der Waals surface area contributed by atoms with Crippen LogP contribution < -0.4 is 4.90 Å². The monoisotopic (exact) mass is 266 g/mol. The van der Waals surface area contributed by atoms with Crippen molar-refractivity contribution in [3.63, 3.8) is 0 Å². The van der Waals surface area contributed by atoms with Crippen LogP contribution in [0, 0.1) is 0 Å². The zero-order valence-electron chi connectivity index (χ0n) is 10.5. The second-order valence-corrected chi connectivity index (χ2v) is 5.65. The fourth-order valence-corrected chi connectivity index (χ4v) is 3.39. The van der Waals surface area contributed by atoms with Gasteiger partial charge in [-0.2, -0.15) is 0 Å². The number of piperazine rings is 1. The molecule has 0 bridgehead atoms. The number of fused-ring (bicyclic) bond motifs is 1. The number of halogens is 1. The van der Waals surface area contributed by atoms with E-state index in [9.17, 15) is 5.11 Å². The number of anilines is 1. The first kappa shape index (κ1) is 12.3. The Balaban J connectivity index is 1.82. The van der Waals surface area contributed by atoms with Crippen LogP contribution in [0.25, 0.3) is 0 Å². The quantitative estimate of drug-likeness (QED) is 0.888. The molecule has 1 aromatic rings. The molecule has 98 valence electrons. The van der Waals surface area contributed by atoms with E-state index in [1.54, 1.807) is 0 Å². The first-order valence-corrected chi connectivity index (χ1v) is 7.04. The predicted octanol–water partition coefficient (Wildman–Crippen LogP) is 2.12. The normalized spacial score (nSPS) is 24.3. The molecule has 0 aromatic heterocycles. The van der Waals surface area contributed by atoms with E-state index < -0.39 is 0 Å². The van der Waals surface area contributed by atoms with Gasteiger partial charge in [0.2, 0.25) is 0 Å². The van der Waals surface area contributed by atoms with Gasteiger partial charge in [-0.3, -0.25) is 4.90 Å². The summed E-state index contributed by atoms with van der Waals surface area (Å²) in [6.07, 6.45) is 2.63. The maximum absolute atomic E-state index is 9.47. The molecule has 2 aliphatic rings. The van der Waals surface area contributed by atoms with Crippen LogP contribution in [0.3, 0.4) is 0 Å². The summed E-state index contributed by atoms with van der Waals surface area (Å²) >= 11 is 5.99. The van der Waals surface area contributed by atoms with Crippen molar-refractivity contribution in [1.29, 1.82) is 0 Å². The minimum absolute atomic E-state index is 0.0563. The van der Waals surface area contributed by atoms with Crippen LogP contribution in [0.2, 0.25) is 5.02 Å². The number of aliphatic hydroxyl groups is 1. The number of hydrogen-bond donors (Lipinski definition) is 1. The molecule has 0 spiro atoms. The molecule has 2 saturated heterocycles. The minimum Gasteiger partial charge on any atom is -0.392 e. The number of aliphatic hydroxyl groups excluding tert-OH is 1. The van der Waals surface area contributed by atoms with E-state index in [4.69, 9.17) is 11.6 Å². The van der Waals surface area contributed by atoms with Crippen molar-refractivity contribution >= 4 is 17.3 Å². The summed E-state index contributed by atoms with van der Waals surface area (Å²) in [6.45, 7) is 4.57. The first-order valence-electron chi connectivity index (χ1n) is 6.66. The van der Waals surface area contributed by atoms with E-state index in [1.165, 1.54) is 19.4 Å². The molecule has 1 atom stereocenters. The molecule has 18 heavy (non-hydrogen) atoms. The predicted molar refractivity (Wildman–Crippen MR) is 74.2 cm³/mol. The second-order valence-electron chi connectivity index (χ2n) is 5.21. The second kappa shape index (κ2) is 5.08. The molecule has 0 amide bonds. The highest BCUT2D eigenvalue weighted by molar-refractivity contribution is 6.30. The van der Waals surface area contributed by atoms with Gasteiger partial charge in [0, 0.05) is 41.9 Å². The van der Waals surface area contributed by atoms with E-state index in [2.05, 4.69) is 9.80 Å². The summed E-state index contributed by atoms with van der Waals surface area (Å²) in [5.41, 5.74) is 2.09.